The zero-order chi connectivity index (χ0) is 13.0. The van der Waals surface area contributed by atoms with Gasteiger partial charge in [-0.2, -0.15) is 5.10 Å². The zero-order valence-corrected chi connectivity index (χ0v) is 10.9. The molecule has 5 heteroatoms. The first-order chi connectivity index (χ1) is 8.74. The van der Waals surface area contributed by atoms with Crippen LogP contribution in [0.15, 0.2) is 30.6 Å². The number of aliphatic hydroxyl groups excluding tert-OH is 1. The van der Waals surface area contributed by atoms with Gasteiger partial charge in [-0.05, 0) is 13.0 Å². The van der Waals surface area contributed by atoms with Gasteiger partial charge in [0.2, 0.25) is 0 Å². The van der Waals surface area contributed by atoms with Crippen LogP contribution in [0.1, 0.15) is 18.1 Å². The standard InChI is InChI=1S/C13H15ClN2O2/c1-2-16-7-10(6-15-16)9-18-13-11(8-17)4-3-5-12(13)14/h3-7,17H,2,8-9H2,1H3. The highest BCUT2D eigenvalue weighted by Crippen LogP contribution is 2.29. The van der Waals surface area contributed by atoms with Gasteiger partial charge in [-0.15, -0.1) is 0 Å². The fraction of sp³-hybridized carbons (Fsp3) is 0.308. The summed E-state index contributed by atoms with van der Waals surface area (Å²) in [6.07, 6.45) is 3.69. The van der Waals surface area contributed by atoms with E-state index in [0.717, 1.165) is 12.1 Å². The molecule has 0 saturated heterocycles. The molecule has 18 heavy (non-hydrogen) atoms. The van der Waals surface area contributed by atoms with Crippen molar-refractivity contribution in [3.05, 3.63) is 46.7 Å². The second-order valence-electron chi connectivity index (χ2n) is 3.88. The Morgan fingerprint density at radius 3 is 2.94 bits per heavy atom. The predicted octanol–water partition coefficient (Wildman–Crippen LogP) is 2.63. The molecule has 0 saturated carbocycles. The average Bonchev–Trinajstić information content (AvgIpc) is 2.85. The van der Waals surface area contributed by atoms with Crippen molar-refractivity contribution in [3.8, 4) is 5.75 Å². The van der Waals surface area contributed by atoms with Gasteiger partial charge >= 0.3 is 0 Å². The van der Waals surface area contributed by atoms with Crippen molar-refractivity contribution in [2.45, 2.75) is 26.7 Å². The van der Waals surface area contributed by atoms with E-state index >= 15 is 0 Å². The highest BCUT2D eigenvalue weighted by Gasteiger charge is 2.08. The van der Waals surface area contributed by atoms with Crippen LogP contribution < -0.4 is 4.74 Å². The first-order valence-electron chi connectivity index (χ1n) is 5.77. The van der Waals surface area contributed by atoms with Gasteiger partial charge in [-0.25, -0.2) is 0 Å². The number of aliphatic hydroxyl groups is 1. The molecule has 1 aromatic carbocycles. The Labute approximate surface area is 111 Å². The zero-order valence-electron chi connectivity index (χ0n) is 10.1. The lowest BCUT2D eigenvalue weighted by molar-refractivity contribution is 0.259. The third-order valence-corrected chi connectivity index (χ3v) is 2.91. The molecule has 0 aliphatic carbocycles. The number of rotatable bonds is 5. The van der Waals surface area contributed by atoms with E-state index in [4.69, 9.17) is 16.3 Å². The fourth-order valence-electron chi connectivity index (χ4n) is 1.65. The van der Waals surface area contributed by atoms with Gasteiger partial charge in [0.05, 0.1) is 17.8 Å². The van der Waals surface area contributed by atoms with Crippen LogP contribution in [0.2, 0.25) is 5.02 Å². The second-order valence-corrected chi connectivity index (χ2v) is 4.29. The SMILES string of the molecule is CCn1cc(COc2c(Cl)cccc2CO)cn1. The van der Waals surface area contributed by atoms with Crippen LogP contribution in [-0.4, -0.2) is 14.9 Å². The lowest BCUT2D eigenvalue weighted by Crippen LogP contribution is -1.99. The second kappa shape index (κ2) is 5.89. The van der Waals surface area contributed by atoms with Crippen LogP contribution in [0.25, 0.3) is 0 Å². The van der Waals surface area contributed by atoms with Crippen molar-refractivity contribution in [1.29, 1.82) is 0 Å². The Morgan fingerprint density at radius 1 is 1.44 bits per heavy atom. The molecule has 1 N–H and O–H groups in total. The molecule has 2 aromatic rings. The maximum atomic E-state index is 9.23. The van der Waals surface area contributed by atoms with Crippen LogP contribution in [0.4, 0.5) is 0 Å². The minimum atomic E-state index is -0.0931. The minimum absolute atomic E-state index is 0.0931. The van der Waals surface area contributed by atoms with Crippen molar-refractivity contribution >= 4 is 11.6 Å². The number of benzene rings is 1. The number of aryl methyl sites for hydroxylation is 1. The molecule has 2 rings (SSSR count). The number of hydrogen-bond donors (Lipinski definition) is 1. The Morgan fingerprint density at radius 2 is 2.28 bits per heavy atom. The highest BCUT2D eigenvalue weighted by atomic mass is 35.5. The molecule has 4 nitrogen and oxygen atoms in total. The van der Waals surface area contributed by atoms with Crippen LogP contribution in [-0.2, 0) is 19.8 Å². The summed E-state index contributed by atoms with van der Waals surface area (Å²) in [5.41, 5.74) is 1.66. The first-order valence-corrected chi connectivity index (χ1v) is 6.14. The molecule has 1 heterocycles. The van der Waals surface area contributed by atoms with Gasteiger partial charge < -0.3 is 9.84 Å². The maximum absolute atomic E-state index is 9.23. The molecule has 0 spiro atoms. The van der Waals surface area contributed by atoms with Crippen LogP contribution >= 0.6 is 11.6 Å². The molecule has 0 radical (unpaired) electrons. The third-order valence-electron chi connectivity index (χ3n) is 2.61. The van der Waals surface area contributed by atoms with Crippen LogP contribution in [0.3, 0.4) is 0 Å². The summed E-state index contributed by atoms with van der Waals surface area (Å²) >= 11 is 6.05. The van der Waals surface area contributed by atoms with Gasteiger partial charge in [-0.1, -0.05) is 23.7 Å². The van der Waals surface area contributed by atoms with E-state index in [0.29, 0.717) is 22.9 Å². The molecule has 0 atom stereocenters. The van der Waals surface area contributed by atoms with Gasteiger partial charge in [0.15, 0.2) is 0 Å². The topological polar surface area (TPSA) is 47.3 Å². The quantitative estimate of drug-likeness (QED) is 0.905. The highest BCUT2D eigenvalue weighted by molar-refractivity contribution is 6.32. The largest absolute Gasteiger partial charge is 0.487 e. The first kappa shape index (κ1) is 12.9. The Bertz CT molecular complexity index is 525. The molecular formula is C13H15ClN2O2. The van der Waals surface area contributed by atoms with Crippen LogP contribution in [0.5, 0.6) is 5.75 Å². The van der Waals surface area contributed by atoms with Gasteiger partial charge in [0.1, 0.15) is 12.4 Å². The Hall–Kier alpha value is -1.52. The molecule has 0 fully saturated rings. The fourth-order valence-corrected chi connectivity index (χ4v) is 1.90. The van der Waals surface area contributed by atoms with Crippen LogP contribution in [0, 0.1) is 0 Å². The number of aromatic nitrogens is 2. The van der Waals surface area contributed by atoms with E-state index in [9.17, 15) is 5.11 Å². The number of ether oxygens (including phenoxy) is 1. The monoisotopic (exact) mass is 266 g/mol. The van der Waals surface area contributed by atoms with Crippen molar-refractivity contribution < 1.29 is 9.84 Å². The third kappa shape index (κ3) is 2.83. The Balaban J connectivity index is 2.10. The minimum Gasteiger partial charge on any atom is -0.487 e. The summed E-state index contributed by atoms with van der Waals surface area (Å²) in [7, 11) is 0. The average molecular weight is 267 g/mol. The summed E-state index contributed by atoms with van der Waals surface area (Å²) in [5, 5.41) is 13.9. The Kier molecular flexibility index (Phi) is 4.23. The lowest BCUT2D eigenvalue weighted by Gasteiger charge is -2.10. The summed E-state index contributed by atoms with van der Waals surface area (Å²) in [5.74, 6) is 0.533. The molecule has 0 unspecified atom stereocenters. The summed E-state index contributed by atoms with van der Waals surface area (Å²) < 4.78 is 7.49. The van der Waals surface area contributed by atoms with Crippen molar-refractivity contribution in [2.24, 2.45) is 0 Å². The van der Waals surface area contributed by atoms with Crippen molar-refractivity contribution in [1.82, 2.24) is 9.78 Å². The van der Waals surface area contributed by atoms with E-state index in [-0.39, 0.29) is 6.61 Å². The molecule has 96 valence electrons. The van der Waals surface area contributed by atoms with Gasteiger partial charge in [0, 0.05) is 23.9 Å². The molecule has 0 amide bonds. The normalized spacial score (nSPS) is 10.6. The number of halogens is 1. The molecule has 0 aliphatic heterocycles. The van der Waals surface area contributed by atoms with Crippen molar-refractivity contribution in [3.63, 3.8) is 0 Å². The van der Waals surface area contributed by atoms with E-state index < -0.39 is 0 Å². The van der Waals surface area contributed by atoms with Crippen molar-refractivity contribution in [2.75, 3.05) is 0 Å². The molecule has 0 aliphatic rings. The van der Waals surface area contributed by atoms with Gasteiger partial charge in [0.25, 0.3) is 0 Å². The summed E-state index contributed by atoms with van der Waals surface area (Å²) in [6, 6.07) is 5.32. The number of hydrogen-bond acceptors (Lipinski definition) is 3. The summed E-state index contributed by atoms with van der Waals surface area (Å²) in [4.78, 5) is 0. The van der Waals surface area contributed by atoms with E-state index in [2.05, 4.69) is 5.10 Å². The molecule has 1 aromatic heterocycles. The number of nitrogens with zero attached hydrogens (tertiary/aromatic N) is 2. The van der Waals surface area contributed by atoms with Gasteiger partial charge in [-0.3, -0.25) is 4.68 Å². The van der Waals surface area contributed by atoms with E-state index in [1.54, 1.807) is 24.4 Å². The number of para-hydroxylation sites is 1. The maximum Gasteiger partial charge on any atom is 0.143 e. The molecular weight excluding hydrogens is 252 g/mol. The molecule has 0 bridgehead atoms. The summed E-state index contributed by atoms with van der Waals surface area (Å²) in [6.45, 7) is 3.14. The lowest BCUT2D eigenvalue weighted by atomic mass is 10.2. The smallest absolute Gasteiger partial charge is 0.143 e. The predicted molar refractivity (Wildman–Crippen MR) is 69.6 cm³/mol. The van der Waals surface area contributed by atoms with E-state index in [1.807, 2.05) is 17.8 Å². The van der Waals surface area contributed by atoms with E-state index in [1.165, 1.54) is 0 Å².